The van der Waals surface area contributed by atoms with E-state index in [1.165, 1.54) is 4.88 Å². The molecule has 2 rings (SSSR count). The summed E-state index contributed by atoms with van der Waals surface area (Å²) in [5, 5.41) is 2.02. The fraction of sp³-hybridized carbons (Fsp3) is 0.222. The van der Waals surface area contributed by atoms with Gasteiger partial charge < -0.3 is 0 Å². The van der Waals surface area contributed by atoms with Crippen LogP contribution >= 0.6 is 11.3 Å². The Bertz CT molecular complexity index is 295. The summed E-state index contributed by atoms with van der Waals surface area (Å²) in [7, 11) is 0. The first-order valence-corrected chi connectivity index (χ1v) is 4.51. The number of Topliss-reactive ketones (excluding diaryl/α,β-unsaturated/α-hetero) is 1. The van der Waals surface area contributed by atoms with Crippen molar-refractivity contribution in [1.29, 1.82) is 0 Å². The summed E-state index contributed by atoms with van der Waals surface area (Å²) in [5.74, 6) is 0.318. The highest BCUT2D eigenvalue weighted by molar-refractivity contribution is 7.10. The summed E-state index contributed by atoms with van der Waals surface area (Å²) in [5.41, 5.74) is 0.993. The monoisotopic (exact) mass is 164 g/mol. The molecule has 2 heteroatoms. The highest BCUT2D eigenvalue weighted by Crippen LogP contribution is 2.25. The largest absolute Gasteiger partial charge is 0.295 e. The minimum atomic E-state index is 0.318. The lowest BCUT2D eigenvalue weighted by Crippen LogP contribution is -2.13. The Hall–Kier alpha value is -0.890. The van der Waals surface area contributed by atoms with Crippen molar-refractivity contribution in [3.8, 4) is 0 Å². The molecule has 11 heavy (non-hydrogen) atoms. The minimum Gasteiger partial charge on any atom is -0.295 e. The van der Waals surface area contributed by atoms with Gasteiger partial charge in [-0.2, -0.15) is 0 Å². The second-order valence-electron chi connectivity index (χ2n) is 2.61. The van der Waals surface area contributed by atoms with Crippen LogP contribution in [0, 0.1) is 0 Å². The third-order valence-corrected chi connectivity index (χ3v) is 2.66. The van der Waals surface area contributed by atoms with Crippen LogP contribution in [0.25, 0.3) is 6.08 Å². The molecular weight excluding hydrogens is 156 g/mol. The van der Waals surface area contributed by atoms with E-state index < -0.39 is 0 Å². The van der Waals surface area contributed by atoms with Crippen molar-refractivity contribution in [3.05, 3.63) is 28.0 Å². The van der Waals surface area contributed by atoms with Gasteiger partial charge in [-0.3, -0.25) is 4.79 Å². The van der Waals surface area contributed by atoms with E-state index in [0.29, 0.717) is 5.78 Å². The predicted octanol–water partition coefficient (Wildman–Crippen LogP) is 2.49. The SMILES string of the molecule is O=C1CCC1=Cc1cccs1. The smallest absolute Gasteiger partial charge is 0.159 e. The average molecular weight is 164 g/mol. The van der Waals surface area contributed by atoms with E-state index in [1.54, 1.807) is 11.3 Å². The van der Waals surface area contributed by atoms with Crippen LogP contribution in [0.3, 0.4) is 0 Å². The Kier molecular flexibility index (Phi) is 1.62. The van der Waals surface area contributed by atoms with Gasteiger partial charge in [0.1, 0.15) is 0 Å². The van der Waals surface area contributed by atoms with Crippen LogP contribution in [0.5, 0.6) is 0 Å². The summed E-state index contributed by atoms with van der Waals surface area (Å²) in [6, 6.07) is 4.03. The topological polar surface area (TPSA) is 17.1 Å². The molecule has 0 aliphatic heterocycles. The van der Waals surface area contributed by atoms with Gasteiger partial charge in [-0.1, -0.05) is 6.07 Å². The van der Waals surface area contributed by atoms with Crippen molar-refractivity contribution >= 4 is 23.2 Å². The maximum absolute atomic E-state index is 10.9. The van der Waals surface area contributed by atoms with Crippen LogP contribution in [-0.2, 0) is 4.79 Å². The van der Waals surface area contributed by atoms with E-state index in [0.717, 1.165) is 18.4 Å². The first-order valence-electron chi connectivity index (χ1n) is 3.63. The van der Waals surface area contributed by atoms with Crippen molar-refractivity contribution in [2.24, 2.45) is 0 Å². The molecule has 56 valence electrons. The Labute approximate surface area is 69.4 Å². The molecule has 0 bridgehead atoms. The minimum absolute atomic E-state index is 0.318. The molecular formula is C9H8OS. The van der Waals surface area contributed by atoms with Gasteiger partial charge in [0.25, 0.3) is 0 Å². The van der Waals surface area contributed by atoms with Gasteiger partial charge in [-0.05, 0) is 29.5 Å². The van der Waals surface area contributed by atoms with Gasteiger partial charge in [0.15, 0.2) is 5.78 Å². The lowest BCUT2D eigenvalue weighted by atomic mass is 9.90. The van der Waals surface area contributed by atoms with Gasteiger partial charge in [-0.15, -0.1) is 11.3 Å². The van der Waals surface area contributed by atoms with Crippen molar-refractivity contribution in [2.45, 2.75) is 12.8 Å². The average Bonchev–Trinajstić information content (AvgIpc) is 2.49. The number of carbonyl (C=O) groups is 1. The molecule has 1 fully saturated rings. The molecule has 1 aromatic heterocycles. The Morgan fingerprint density at radius 2 is 2.36 bits per heavy atom. The van der Waals surface area contributed by atoms with E-state index in [2.05, 4.69) is 0 Å². The third kappa shape index (κ3) is 1.26. The van der Waals surface area contributed by atoms with Crippen LogP contribution in [0.2, 0.25) is 0 Å². The quantitative estimate of drug-likeness (QED) is 0.583. The number of hydrogen-bond acceptors (Lipinski definition) is 2. The Balaban J connectivity index is 2.21. The molecule has 1 saturated carbocycles. The number of thiophene rings is 1. The highest BCUT2D eigenvalue weighted by Gasteiger charge is 2.19. The van der Waals surface area contributed by atoms with Crippen LogP contribution in [0.4, 0.5) is 0 Å². The maximum Gasteiger partial charge on any atom is 0.159 e. The van der Waals surface area contributed by atoms with E-state index >= 15 is 0 Å². The molecule has 0 unspecified atom stereocenters. The van der Waals surface area contributed by atoms with Crippen molar-refractivity contribution < 1.29 is 4.79 Å². The molecule has 1 aliphatic carbocycles. The third-order valence-electron chi connectivity index (χ3n) is 1.84. The Morgan fingerprint density at radius 3 is 2.82 bits per heavy atom. The van der Waals surface area contributed by atoms with Gasteiger partial charge in [-0.25, -0.2) is 0 Å². The zero-order chi connectivity index (χ0) is 7.68. The van der Waals surface area contributed by atoms with Gasteiger partial charge >= 0.3 is 0 Å². The zero-order valence-corrected chi connectivity index (χ0v) is 6.86. The summed E-state index contributed by atoms with van der Waals surface area (Å²) in [6.07, 6.45) is 3.71. The van der Waals surface area contributed by atoms with E-state index in [1.807, 2.05) is 23.6 Å². The van der Waals surface area contributed by atoms with Crippen molar-refractivity contribution in [1.82, 2.24) is 0 Å². The highest BCUT2D eigenvalue weighted by atomic mass is 32.1. The summed E-state index contributed by atoms with van der Waals surface area (Å²) in [6.45, 7) is 0. The van der Waals surface area contributed by atoms with E-state index in [4.69, 9.17) is 0 Å². The van der Waals surface area contributed by atoms with E-state index in [-0.39, 0.29) is 0 Å². The number of hydrogen-bond donors (Lipinski definition) is 0. The fourth-order valence-electron chi connectivity index (χ4n) is 1.07. The molecule has 0 atom stereocenters. The number of allylic oxidation sites excluding steroid dienone is 1. The Morgan fingerprint density at radius 1 is 1.45 bits per heavy atom. The summed E-state index contributed by atoms with van der Waals surface area (Å²) in [4.78, 5) is 12.1. The molecule has 0 amide bonds. The van der Waals surface area contributed by atoms with Crippen molar-refractivity contribution in [3.63, 3.8) is 0 Å². The molecule has 0 N–H and O–H groups in total. The first kappa shape index (κ1) is 6.80. The zero-order valence-electron chi connectivity index (χ0n) is 6.04. The van der Waals surface area contributed by atoms with Gasteiger partial charge in [0.2, 0.25) is 0 Å². The molecule has 0 aromatic carbocycles. The lowest BCUT2D eigenvalue weighted by molar-refractivity contribution is -0.118. The van der Waals surface area contributed by atoms with E-state index in [9.17, 15) is 4.79 Å². The lowest BCUT2D eigenvalue weighted by Gasteiger charge is -2.13. The fourth-order valence-corrected chi connectivity index (χ4v) is 1.75. The number of ketones is 1. The molecule has 1 nitrogen and oxygen atoms in total. The molecule has 1 aromatic rings. The second-order valence-corrected chi connectivity index (χ2v) is 3.59. The van der Waals surface area contributed by atoms with Gasteiger partial charge in [0.05, 0.1) is 0 Å². The number of rotatable bonds is 1. The molecule has 0 radical (unpaired) electrons. The van der Waals surface area contributed by atoms with Crippen LogP contribution in [-0.4, -0.2) is 5.78 Å². The summed E-state index contributed by atoms with van der Waals surface area (Å²) < 4.78 is 0. The van der Waals surface area contributed by atoms with Crippen LogP contribution in [0.1, 0.15) is 17.7 Å². The maximum atomic E-state index is 10.9. The molecule has 1 heterocycles. The predicted molar refractivity (Wildman–Crippen MR) is 46.5 cm³/mol. The molecule has 0 spiro atoms. The normalized spacial score (nSPS) is 20.4. The van der Waals surface area contributed by atoms with Gasteiger partial charge in [0, 0.05) is 11.3 Å². The summed E-state index contributed by atoms with van der Waals surface area (Å²) >= 11 is 1.67. The second kappa shape index (κ2) is 2.62. The van der Waals surface area contributed by atoms with Crippen LogP contribution in [0.15, 0.2) is 23.1 Å². The standard InChI is InChI=1S/C9H8OS/c10-9-4-3-7(9)6-8-2-1-5-11-8/h1-2,5-6H,3-4H2. The molecule has 0 saturated heterocycles. The molecule has 1 aliphatic rings. The number of carbonyl (C=O) groups excluding carboxylic acids is 1. The van der Waals surface area contributed by atoms with Crippen molar-refractivity contribution in [2.75, 3.05) is 0 Å². The van der Waals surface area contributed by atoms with Crippen LogP contribution < -0.4 is 0 Å². The first-order chi connectivity index (χ1) is 5.36.